The molecule has 1 saturated heterocycles. The summed E-state index contributed by atoms with van der Waals surface area (Å²) in [4.78, 5) is 8.26. The Hall–Kier alpha value is -2.25. The lowest BCUT2D eigenvalue weighted by atomic mass is 10.3. The van der Waals surface area contributed by atoms with Gasteiger partial charge in [0, 0.05) is 6.42 Å². The fourth-order valence-electron chi connectivity index (χ4n) is 2.19. The summed E-state index contributed by atoms with van der Waals surface area (Å²) in [7, 11) is -4.20. The van der Waals surface area contributed by atoms with E-state index in [4.69, 9.17) is 22.4 Å². The van der Waals surface area contributed by atoms with E-state index in [1.165, 1.54) is 0 Å². The number of aromatic hydroxyl groups is 1. The van der Waals surface area contributed by atoms with Gasteiger partial charge in [-0.05, 0) is 6.92 Å². The molecule has 0 bridgehead atoms. The largest absolute Gasteiger partial charge is 0.741 e. The van der Waals surface area contributed by atoms with Crippen molar-refractivity contribution in [3.05, 3.63) is 18.1 Å². The lowest BCUT2D eigenvalue weighted by Crippen LogP contribution is -2.33. The molecule has 0 amide bonds. The Morgan fingerprint density at radius 3 is 2.56 bits per heavy atom. The Morgan fingerprint density at radius 1 is 1.41 bits per heavy atom. The molecular weight excluding hydrogens is 395 g/mol. The summed E-state index contributed by atoms with van der Waals surface area (Å²) in [5, 5.41) is 10.5. The van der Waals surface area contributed by atoms with Gasteiger partial charge in [-0.15, -0.1) is 0 Å². The maximum Gasteiger partial charge on any atom is 0.485 e. The van der Waals surface area contributed by atoms with Crippen molar-refractivity contribution < 1.29 is 45.3 Å². The van der Waals surface area contributed by atoms with Crippen molar-refractivity contribution in [2.45, 2.75) is 25.0 Å². The van der Waals surface area contributed by atoms with Crippen LogP contribution >= 0.6 is 0 Å². The summed E-state index contributed by atoms with van der Waals surface area (Å²) in [6, 6.07) is 1.77. The maximum atomic E-state index is 10.7. The van der Waals surface area contributed by atoms with Crippen LogP contribution in [-0.2, 0) is 21.9 Å². The third-order valence-electron chi connectivity index (χ3n) is 3.46. The first kappa shape index (κ1) is 21.1. The molecule has 2 aromatic rings. The number of pyridine rings is 1. The molecule has 2 aromatic heterocycles. The van der Waals surface area contributed by atoms with Gasteiger partial charge >= 0.3 is 11.4 Å². The average Bonchev–Trinajstić information content (AvgIpc) is 3.00. The molecule has 27 heavy (non-hydrogen) atoms. The second-order valence-electron chi connectivity index (χ2n) is 5.62. The van der Waals surface area contributed by atoms with E-state index < -0.39 is 15.6 Å². The van der Waals surface area contributed by atoms with E-state index in [-0.39, 0.29) is 12.0 Å². The van der Waals surface area contributed by atoms with Crippen molar-refractivity contribution >= 4 is 21.0 Å². The zero-order valence-corrected chi connectivity index (χ0v) is 15.0. The molecule has 0 aliphatic carbocycles. The second kappa shape index (κ2) is 7.78. The van der Waals surface area contributed by atoms with Gasteiger partial charge in [0.1, 0.15) is 24.5 Å². The summed E-state index contributed by atoms with van der Waals surface area (Å²) in [6.07, 6.45) is 2.78. The van der Waals surface area contributed by atoms with Gasteiger partial charge < -0.3 is 19.1 Å². The minimum Gasteiger partial charge on any atom is -0.741 e. The summed E-state index contributed by atoms with van der Waals surface area (Å²) >= 11 is 0. The highest BCUT2D eigenvalue weighted by Gasteiger charge is 2.36. The molecule has 3 heterocycles. The van der Waals surface area contributed by atoms with Crippen molar-refractivity contribution in [3.8, 4) is 11.8 Å². The van der Waals surface area contributed by atoms with Gasteiger partial charge in [0.25, 0.3) is 0 Å². The van der Waals surface area contributed by atoms with E-state index in [1.54, 1.807) is 13.0 Å². The molecule has 3 rings (SSSR count). The number of ether oxygens (including phenoxy) is 2. The van der Waals surface area contributed by atoms with Crippen LogP contribution in [0.2, 0.25) is 0 Å². The zero-order valence-electron chi connectivity index (χ0n) is 14.2. The molecule has 0 spiro atoms. The number of fused-ring (bicyclic) bond motifs is 1. The Morgan fingerprint density at radius 2 is 2.04 bits per heavy atom. The molecule has 0 radical (unpaired) electrons. The Labute approximate surface area is 152 Å². The molecule has 1 aliphatic heterocycles. The number of aromatic nitrogens is 3. The van der Waals surface area contributed by atoms with Crippen molar-refractivity contribution in [1.82, 2.24) is 9.97 Å². The predicted octanol–water partition coefficient (Wildman–Crippen LogP) is 0.687. The van der Waals surface area contributed by atoms with Crippen LogP contribution in [0.5, 0.6) is 11.8 Å². The summed E-state index contributed by atoms with van der Waals surface area (Å²) in [6.45, 7) is 3.09. The molecule has 1 N–H and O–H groups in total. The van der Waals surface area contributed by atoms with E-state index in [1.807, 2.05) is 17.8 Å². The number of aryl methyl sites for hydroxylation is 2. The van der Waals surface area contributed by atoms with Crippen molar-refractivity contribution in [2.75, 3.05) is 13.2 Å². The first-order chi connectivity index (χ1) is 12.4. The first-order valence-corrected chi connectivity index (χ1v) is 8.93. The quantitative estimate of drug-likeness (QED) is 0.435. The van der Waals surface area contributed by atoms with E-state index in [2.05, 4.69) is 9.97 Å². The number of rotatable bonds is 2. The molecule has 13 heteroatoms. The van der Waals surface area contributed by atoms with Crippen LogP contribution in [0, 0.1) is 6.92 Å². The van der Waals surface area contributed by atoms with E-state index >= 15 is 0 Å². The van der Waals surface area contributed by atoms with E-state index in [9.17, 15) is 18.3 Å². The number of halogens is 3. The van der Waals surface area contributed by atoms with Crippen molar-refractivity contribution in [3.63, 3.8) is 0 Å². The number of hydrogen-bond acceptors (Lipinski definition) is 8. The smallest absolute Gasteiger partial charge is 0.485 e. The van der Waals surface area contributed by atoms with Crippen LogP contribution < -0.4 is 9.30 Å². The standard InChI is InChI=1S/C13H15N3O3.CHF3O3S/c1-8-14-11-6-16(2)12(5-10(11)13(17)15-8)19-9-3-4-18-7-9;2-1(3,4)8(5,6)7/h5-6,9H,3-4,7H2,1-2H3;(H,5,6,7)/t9-;/m0./s1. The topological polar surface area (TPSA) is 126 Å². The highest BCUT2D eigenvalue weighted by atomic mass is 32.2. The Kier molecular flexibility index (Phi) is 6.07. The Bertz CT molecular complexity index is 930. The minimum atomic E-state index is -6.09. The fourth-order valence-corrected chi connectivity index (χ4v) is 2.19. The molecule has 0 aromatic carbocycles. The van der Waals surface area contributed by atoms with Gasteiger partial charge in [-0.25, -0.2) is 13.4 Å². The highest BCUT2D eigenvalue weighted by molar-refractivity contribution is 7.86. The molecule has 0 unspecified atom stereocenters. The van der Waals surface area contributed by atoms with Gasteiger partial charge in [-0.1, -0.05) is 0 Å². The average molecular weight is 411 g/mol. The van der Waals surface area contributed by atoms with Gasteiger partial charge in [-0.3, -0.25) is 0 Å². The van der Waals surface area contributed by atoms with Crippen LogP contribution in [-0.4, -0.2) is 52.9 Å². The fraction of sp³-hybridized carbons (Fsp3) is 0.500. The SMILES string of the molecule is Cc1nc(O)c2cc(O[C@H]3CCOC3)[n+](C)cc2n1.O=S(=O)([O-])C(F)(F)F. The van der Waals surface area contributed by atoms with Crippen LogP contribution in [0.25, 0.3) is 10.9 Å². The molecule has 0 saturated carbocycles. The van der Waals surface area contributed by atoms with Crippen molar-refractivity contribution in [1.29, 1.82) is 0 Å². The number of alkyl halides is 3. The second-order valence-corrected chi connectivity index (χ2v) is 6.99. The van der Waals surface area contributed by atoms with Crippen LogP contribution in [0.1, 0.15) is 12.2 Å². The number of hydrogen-bond donors (Lipinski definition) is 1. The van der Waals surface area contributed by atoms with Crippen LogP contribution in [0.15, 0.2) is 12.3 Å². The lowest BCUT2D eigenvalue weighted by molar-refractivity contribution is -0.676. The van der Waals surface area contributed by atoms with Crippen molar-refractivity contribution in [2.24, 2.45) is 7.05 Å². The summed E-state index contributed by atoms with van der Waals surface area (Å²) in [5.41, 5.74) is -4.95. The molecule has 1 atom stereocenters. The van der Waals surface area contributed by atoms with Gasteiger partial charge in [0.05, 0.1) is 24.7 Å². The third-order valence-corrected chi connectivity index (χ3v) is 4.02. The van der Waals surface area contributed by atoms with E-state index in [0.29, 0.717) is 29.2 Å². The normalized spacial score (nSPS) is 17.5. The monoisotopic (exact) mass is 411 g/mol. The Balaban J connectivity index is 0.000000279. The number of nitrogens with zero attached hydrogens (tertiary/aromatic N) is 3. The minimum absolute atomic E-state index is 0.0179. The molecule has 1 aliphatic rings. The van der Waals surface area contributed by atoms with E-state index in [0.717, 1.165) is 13.0 Å². The third kappa shape index (κ3) is 5.37. The molecule has 150 valence electrons. The maximum absolute atomic E-state index is 10.7. The van der Waals surface area contributed by atoms with Gasteiger partial charge in [0.2, 0.25) is 5.88 Å². The van der Waals surface area contributed by atoms with Gasteiger partial charge in [0.15, 0.2) is 16.3 Å². The van der Waals surface area contributed by atoms with Crippen LogP contribution in [0.4, 0.5) is 13.2 Å². The predicted molar refractivity (Wildman–Crippen MR) is 82.7 cm³/mol. The molecular formula is C14H16F3N3O6S. The summed E-state index contributed by atoms with van der Waals surface area (Å²) < 4.78 is 71.9. The van der Waals surface area contributed by atoms with Gasteiger partial charge in [-0.2, -0.15) is 22.7 Å². The lowest BCUT2D eigenvalue weighted by Gasteiger charge is -2.10. The zero-order chi connectivity index (χ0) is 20.4. The molecule has 9 nitrogen and oxygen atoms in total. The summed E-state index contributed by atoms with van der Waals surface area (Å²) in [5.74, 6) is 1.20. The highest BCUT2D eigenvalue weighted by Crippen LogP contribution is 2.24. The van der Waals surface area contributed by atoms with Crippen LogP contribution in [0.3, 0.4) is 0 Å². The molecule has 1 fully saturated rings. The first-order valence-electron chi connectivity index (χ1n) is 7.52.